The van der Waals surface area contributed by atoms with E-state index in [0.29, 0.717) is 18.2 Å². The molecule has 0 spiro atoms. The van der Waals surface area contributed by atoms with Crippen molar-refractivity contribution in [1.29, 1.82) is 0 Å². The molecule has 4 aromatic carbocycles. The predicted octanol–water partition coefficient (Wildman–Crippen LogP) is 8.69. The molecule has 1 saturated heterocycles. The molecule has 0 aromatic heterocycles. The van der Waals surface area contributed by atoms with Crippen LogP contribution in [0.4, 0.5) is 35.1 Å². The molecule has 0 bridgehead atoms. The molecule has 4 aromatic rings. The Labute approximate surface area is 246 Å². The van der Waals surface area contributed by atoms with E-state index in [-0.39, 0.29) is 47.1 Å². The standard InChI is InChI=1S/C32H22F8O4/c1-3-21-24(33)9-17(10-25(21)34)23-7-5-19(13-27(23)36)44-32(39,40)30-28(37)11-18(12-29(30)38)22-6-4-16(8-26(22)35)31-42-14-20(41-2)15-43-31/h3-13,20,31H,1,14-15H2,2H3. The zero-order valence-electron chi connectivity index (χ0n) is 22.8. The van der Waals surface area contributed by atoms with Gasteiger partial charge in [-0.15, -0.1) is 0 Å². The Morgan fingerprint density at radius 1 is 0.727 bits per heavy atom. The molecule has 12 heteroatoms. The Balaban J connectivity index is 1.37. The van der Waals surface area contributed by atoms with Gasteiger partial charge in [0, 0.05) is 35.4 Å². The van der Waals surface area contributed by atoms with Crippen LogP contribution in [-0.4, -0.2) is 26.4 Å². The quantitative estimate of drug-likeness (QED) is 0.184. The monoisotopic (exact) mass is 622 g/mol. The van der Waals surface area contributed by atoms with E-state index < -0.39 is 64.2 Å². The van der Waals surface area contributed by atoms with Crippen LogP contribution >= 0.6 is 0 Å². The maximum atomic E-state index is 15.0. The Morgan fingerprint density at radius 3 is 1.75 bits per heavy atom. The lowest BCUT2D eigenvalue weighted by molar-refractivity contribution is -0.225. The van der Waals surface area contributed by atoms with E-state index in [1.54, 1.807) is 0 Å². The summed E-state index contributed by atoms with van der Waals surface area (Å²) in [5.41, 5.74) is -3.24. The molecule has 4 nitrogen and oxygen atoms in total. The van der Waals surface area contributed by atoms with Crippen molar-refractivity contribution in [3.05, 3.63) is 119 Å². The molecule has 0 N–H and O–H groups in total. The van der Waals surface area contributed by atoms with E-state index >= 15 is 0 Å². The lowest BCUT2D eigenvalue weighted by atomic mass is 10.00. The summed E-state index contributed by atoms with van der Waals surface area (Å²) in [5.74, 6) is -8.55. The van der Waals surface area contributed by atoms with Crippen molar-refractivity contribution in [2.24, 2.45) is 0 Å². The van der Waals surface area contributed by atoms with E-state index in [4.69, 9.17) is 14.2 Å². The summed E-state index contributed by atoms with van der Waals surface area (Å²) in [5, 5.41) is 0. The fourth-order valence-electron chi connectivity index (χ4n) is 4.66. The summed E-state index contributed by atoms with van der Waals surface area (Å²) in [6, 6.07) is 8.48. The number of benzene rings is 4. The van der Waals surface area contributed by atoms with E-state index in [1.165, 1.54) is 19.2 Å². The molecule has 44 heavy (non-hydrogen) atoms. The lowest BCUT2D eigenvalue weighted by Gasteiger charge is -2.28. The van der Waals surface area contributed by atoms with Gasteiger partial charge in [-0.05, 0) is 53.6 Å². The SMILES string of the molecule is C=Cc1c(F)cc(-c2ccc(OC(F)(F)c3c(F)cc(-c4ccc(C5OCC(OC)CO5)cc4F)cc3F)cc2F)cc1F. The van der Waals surface area contributed by atoms with Crippen molar-refractivity contribution in [3.8, 4) is 28.0 Å². The number of hydrogen-bond acceptors (Lipinski definition) is 4. The van der Waals surface area contributed by atoms with Crippen LogP contribution in [0.3, 0.4) is 0 Å². The molecule has 1 aliphatic heterocycles. The maximum Gasteiger partial charge on any atom is 0.432 e. The number of hydrogen-bond donors (Lipinski definition) is 0. The van der Waals surface area contributed by atoms with Crippen LogP contribution in [0.2, 0.25) is 0 Å². The number of methoxy groups -OCH3 is 1. The van der Waals surface area contributed by atoms with Crippen molar-refractivity contribution < 1.29 is 54.1 Å². The van der Waals surface area contributed by atoms with Crippen LogP contribution in [0.1, 0.15) is 23.0 Å². The average molecular weight is 623 g/mol. The molecule has 0 aliphatic carbocycles. The number of rotatable bonds is 8. The highest BCUT2D eigenvalue weighted by Crippen LogP contribution is 2.39. The molecule has 0 unspecified atom stereocenters. The highest BCUT2D eigenvalue weighted by atomic mass is 19.3. The van der Waals surface area contributed by atoms with Gasteiger partial charge in [-0.2, -0.15) is 8.78 Å². The van der Waals surface area contributed by atoms with E-state index in [1.807, 2.05) is 0 Å². The van der Waals surface area contributed by atoms with E-state index in [0.717, 1.165) is 36.4 Å². The highest BCUT2D eigenvalue weighted by Gasteiger charge is 2.41. The van der Waals surface area contributed by atoms with Gasteiger partial charge in [0.25, 0.3) is 0 Å². The Kier molecular flexibility index (Phi) is 8.78. The lowest BCUT2D eigenvalue weighted by Crippen LogP contribution is -2.32. The summed E-state index contributed by atoms with van der Waals surface area (Å²) < 4.78 is 138. The fraction of sp³-hybridized carbons (Fsp3) is 0.188. The maximum absolute atomic E-state index is 15.0. The molecule has 5 rings (SSSR count). The third-order valence-electron chi connectivity index (χ3n) is 6.89. The molecule has 1 fully saturated rings. The van der Waals surface area contributed by atoms with Crippen molar-refractivity contribution in [2.75, 3.05) is 20.3 Å². The van der Waals surface area contributed by atoms with Crippen LogP contribution in [0.25, 0.3) is 28.3 Å². The van der Waals surface area contributed by atoms with Crippen molar-refractivity contribution >= 4 is 6.08 Å². The Bertz CT molecular complexity index is 1670. The first-order valence-corrected chi connectivity index (χ1v) is 13.0. The summed E-state index contributed by atoms with van der Waals surface area (Å²) in [6.45, 7) is 3.67. The topological polar surface area (TPSA) is 36.9 Å². The summed E-state index contributed by atoms with van der Waals surface area (Å²) in [7, 11) is 1.48. The first-order valence-electron chi connectivity index (χ1n) is 13.0. The second-order valence-electron chi connectivity index (χ2n) is 9.73. The van der Waals surface area contributed by atoms with Crippen molar-refractivity contribution in [1.82, 2.24) is 0 Å². The Morgan fingerprint density at radius 2 is 1.25 bits per heavy atom. The van der Waals surface area contributed by atoms with Gasteiger partial charge >= 0.3 is 6.11 Å². The van der Waals surface area contributed by atoms with Gasteiger partial charge in [0.05, 0.1) is 13.2 Å². The average Bonchev–Trinajstić information content (AvgIpc) is 2.96. The number of halogens is 8. The number of ether oxygens (including phenoxy) is 4. The van der Waals surface area contributed by atoms with Gasteiger partial charge in [0.1, 0.15) is 52.3 Å². The molecule has 230 valence electrons. The largest absolute Gasteiger partial charge is 0.432 e. The fourth-order valence-corrected chi connectivity index (χ4v) is 4.66. The predicted molar refractivity (Wildman–Crippen MR) is 144 cm³/mol. The van der Waals surface area contributed by atoms with Crippen LogP contribution < -0.4 is 4.74 Å². The molecule has 0 radical (unpaired) electrons. The minimum atomic E-state index is -4.65. The molecule has 1 aliphatic rings. The molecule has 1 heterocycles. The first-order chi connectivity index (χ1) is 20.9. The van der Waals surface area contributed by atoms with E-state index in [2.05, 4.69) is 11.3 Å². The van der Waals surface area contributed by atoms with Gasteiger partial charge < -0.3 is 18.9 Å². The van der Waals surface area contributed by atoms with Crippen LogP contribution in [0.5, 0.6) is 5.75 Å². The van der Waals surface area contributed by atoms with Crippen molar-refractivity contribution in [2.45, 2.75) is 18.5 Å². The molecular formula is C32H22F8O4. The highest BCUT2D eigenvalue weighted by molar-refractivity contribution is 5.68. The Hall–Kier alpha value is -4.26. The zero-order valence-corrected chi connectivity index (χ0v) is 22.8. The minimum Gasteiger partial charge on any atom is -0.429 e. The third-order valence-corrected chi connectivity index (χ3v) is 6.89. The zero-order chi connectivity index (χ0) is 31.8. The van der Waals surface area contributed by atoms with Crippen LogP contribution in [-0.2, 0) is 20.3 Å². The smallest absolute Gasteiger partial charge is 0.429 e. The van der Waals surface area contributed by atoms with E-state index in [9.17, 15) is 35.1 Å². The van der Waals surface area contributed by atoms with Gasteiger partial charge in [0.15, 0.2) is 6.29 Å². The normalized spacial score (nSPS) is 17.0. The van der Waals surface area contributed by atoms with Crippen LogP contribution in [0, 0.1) is 34.9 Å². The molecule has 0 atom stereocenters. The van der Waals surface area contributed by atoms with Gasteiger partial charge in [-0.3, -0.25) is 0 Å². The molecule has 0 saturated carbocycles. The summed E-state index contributed by atoms with van der Waals surface area (Å²) in [4.78, 5) is 0. The van der Waals surface area contributed by atoms with Gasteiger partial charge in [0.2, 0.25) is 0 Å². The van der Waals surface area contributed by atoms with Gasteiger partial charge in [-0.1, -0.05) is 24.8 Å². The molecular weight excluding hydrogens is 600 g/mol. The minimum absolute atomic E-state index is 0.194. The second-order valence-corrected chi connectivity index (χ2v) is 9.73. The number of alkyl halides is 2. The van der Waals surface area contributed by atoms with Crippen molar-refractivity contribution in [3.63, 3.8) is 0 Å². The summed E-state index contributed by atoms with van der Waals surface area (Å²) >= 11 is 0. The second kappa shape index (κ2) is 12.4. The van der Waals surface area contributed by atoms with Gasteiger partial charge in [-0.25, -0.2) is 26.3 Å². The summed E-state index contributed by atoms with van der Waals surface area (Å²) in [6.07, 6.45) is -4.92. The van der Waals surface area contributed by atoms with Crippen LogP contribution in [0.15, 0.2) is 67.2 Å². The first kappa shape index (κ1) is 31.2. The molecule has 0 amide bonds. The third kappa shape index (κ3) is 6.19.